The molecule has 0 atom stereocenters. The number of nitrogens with zero attached hydrogens (tertiary/aromatic N) is 1. The summed E-state index contributed by atoms with van der Waals surface area (Å²) in [7, 11) is 0. The molecule has 6 heteroatoms. The summed E-state index contributed by atoms with van der Waals surface area (Å²) in [5, 5.41) is 0. The third-order valence-electron chi connectivity index (χ3n) is 2.78. The van der Waals surface area contributed by atoms with E-state index in [4.69, 9.17) is 9.47 Å². The Morgan fingerprint density at radius 2 is 1.94 bits per heavy atom. The van der Waals surface area contributed by atoms with Crippen molar-refractivity contribution in [2.24, 2.45) is 0 Å². The molecule has 2 fully saturated rings. The van der Waals surface area contributed by atoms with Crippen molar-refractivity contribution in [3.05, 3.63) is 0 Å². The van der Waals surface area contributed by atoms with Crippen LogP contribution in [0.15, 0.2) is 0 Å². The number of ether oxygens (including phenoxy) is 2. The zero-order chi connectivity index (χ0) is 12.9. The number of hydrogen-bond donors (Lipinski definition) is 0. The largest absolute Gasteiger partial charge is 0.444 e. The molecule has 0 saturated carbocycles. The Bertz CT molecular complexity index is 332. The Labute approximate surface area is 98.9 Å². The summed E-state index contributed by atoms with van der Waals surface area (Å²) >= 11 is 0. The Kier molecular flexibility index (Phi) is 2.61. The topological polar surface area (TPSA) is 38.8 Å². The Morgan fingerprint density at radius 3 is 2.35 bits per heavy atom. The number of alkyl halides is 2. The smallest absolute Gasteiger partial charge is 0.410 e. The molecule has 0 aliphatic carbocycles. The van der Waals surface area contributed by atoms with E-state index in [2.05, 4.69) is 0 Å². The highest BCUT2D eigenvalue weighted by Crippen LogP contribution is 2.42. The van der Waals surface area contributed by atoms with Gasteiger partial charge in [-0.3, -0.25) is 0 Å². The highest BCUT2D eigenvalue weighted by atomic mass is 19.3. The fourth-order valence-electron chi connectivity index (χ4n) is 2.14. The quantitative estimate of drug-likeness (QED) is 0.659. The summed E-state index contributed by atoms with van der Waals surface area (Å²) in [6.45, 7) is 5.13. The molecule has 2 aliphatic rings. The SMILES string of the molecule is CC(C)(C)OC(=O)N1CC2(C1)CC(F)(F)CO2. The summed E-state index contributed by atoms with van der Waals surface area (Å²) in [5.74, 6) is -2.76. The normalized spacial score (nSPS) is 25.8. The number of halogens is 2. The summed E-state index contributed by atoms with van der Waals surface area (Å²) in [4.78, 5) is 13.0. The maximum Gasteiger partial charge on any atom is 0.410 e. The first-order chi connectivity index (χ1) is 7.61. The summed E-state index contributed by atoms with van der Waals surface area (Å²) in [5.41, 5.74) is -1.42. The van der Waals surface area contributed by atoms with Gasteiger partial charge in [0.15, 0.2) is 0 Å². The van der Waals surface area contributed by atoms with Gasteiger partial charge in [-0.25, -0.2) is 13.6 Å². The summed E-state index contributed by atoms with van der Waals surface area (Å²) in [6, 6.07) is 0. The number of likely N-dealkylation sites (tertiary alicyclic amines) is 1. The average molecular weight is 249 g/mol. The summed E-state index contributed by atoms with van der Waals surface area (Å²) < 4.78 is 36.2. The first-order valence-corrected chi connectivity index (χ1v) is 5.61. The van der Waals surface area contributed by atoms with Crippen LogP contribution in [-0.4, -0.2) is 47.8 Å². The molecule has 0 aromatic rings. The average Bonchev–Trinajstić information content (AvgIpc) is 2.36. The highest BCUT2D eigenvalue weighted by Gasteiger charge is 2.58. The molecule has 0 radical (unpaired) electrons. The lowest BCUT2D eigenvalue weighted by atomic mass is 9.90. The minimum atomic E-state index is -2.76. The monoisotopic (exact) mass is 249 g/mol. The zero-order valence-corrected chi connectivity index (χ0v) is 10.3. The molecule has 0 aromatic heterocycles. The van der Waals surface area contributed by atoms with Crippen LogP contribution in [0.3, 0.4) is 0 Å². The zero-order valence-electron chi connectivity index (χ0n) is 10.3. The third-order valence-corrected chi connectivity index (χ3v) is 2.78. The van der Waals surface area contributed by atoms with Crippen molar-refractivity contribution < 1.29 is 23.0 Å². The van der Waals surface area contributed by atoms with Gasteiger partial charge in [0.25, 0.3) is 5.92 Å². The molecule has 2 aliphatic heterocycles. The maximum absolute atomic E-state index is 13.0. The van der Waals surface area contributed by atoms with Crippen LogP contribution in [0.2, 0.25) is 0 Å². The van der Waals surface area contributed by atoms with Gasteiger partial charge in [-0.15, -0.1) is 0 Å². The van der Waals surface area contributed by atoms with E-state index < -0.39 is 29.8 Å². The molecule has 0 unspecified atom stereocenters. The minimum Gasteiger partial charge on any atom is -0.444 e. The molecule has 0 aromatic carbocycles. The van der Waals surface area contributed by atoms with Gasteiger partial charge in [0.05, 0.1) is 13.1 Å². The van der Waals surface area contributed by atoms with E-state index in [0.29, 0.717) is 0 Å². The van der Waals surface area contributed by atoms with Crippen molar-refractivity contribution in [2.75, 3.05) is 19.7 Å². The molecule has 4 nitrogen and oxygen atoms in total. The number of hydrogen-bond acceptors (Lipinski definition) is 3. The maximum atomic E-state index is 13.0. The molecule has 2 rings (SSSR count). The number of carbonyl (C=O) groups is 1. The predicted octanol–water partition coefficient (Wildman–Crippen LogP) is 2.03. The van der Waals surface area contributed by atoms with Gasteiger partial charge in [0, 0.05) is 6.42 Å². The van der Waals surface area contributed by atoms with E-state index >= 15 is 0 Å². The molecule has 0 bridgehead atoms. The molecule has 98 valence electrons. The van der Waals surface area contributed by atoms with Gasteiger partial charge in [0.1, 0.15) is 17.8 Å². The number of rotatable bonds is 0. The fraction of sp³-hybridized carbons (Fsp3) is 0.909. The standard InChI is InChI=1S/C11H17F2NO3/c1-9(2,3)17-8(15)14-5-10(6-14)4-11(12,13)7-16-10/h4-7H2,1-3H3. The van der Waals surface area contributed by atoms with Crippen molar-refractivity contribution >= 4 is 6.09 Å². The Balaban J connectivity index is 1.85. The second-order valence-electron chi connectivity index (χ2n) is 5.84. The molecule has 1 spiro atoms. The van der Waals surface area contributed by atoms with E-state index in [1.54, 1.807) is 20.8 Å². The fourth-order valence-corrected chi connectivity index (χ4v) is 2.14. The predicted molar refractivity (Wildman–Crippen MR) is 56.1 cm³/mol. The lowest BCUT2D eigenvalue weighted by Crippen LogP contribution is -2.64. The van der Waals surface area contributed by atoms with Crippen LogP contribution in [0.1, 0.15) is 27.2 Å². The first kappa shape index (κ1) is 12.5. The van der Waals surface area contributed by atoms with Crippen LogP contribution in [0.5, 0.6) is 0 Å². The van der Waals surface area contributed by atoms with Crippen molar-refractivity contribution in [3.63, 3.8) is 0 Å². The molecule has 1 amide bonds. The Morgan fingerprint density at radius 1 is 1.35 bits per heavy atom. The number of carbonyl (C=O) groups excluding carboxylic acids is 1. The molecule has 2 saturated heterocycles. The third kappa shape index (κ3) is 2.68. The highest BCUT2D eigenvalue weighted by molar-refractivity contribution is 5.69. The first-order valence-electron chi connectivity index (χ1n) is 5.61. The second kappa shape index (κ2) is 3.54. The van der Waals surface area contributed by atoms with Gasteiger partial charge >= 0.3 is 6.09 Å². The van der Waals surface area contributed by atoms with Crippen LogP contribution >= 0.6 is 0 Å². The van der Waals surface area contributed by atoms with Gasteiger partial charge in [-0.1, -0.05) is 0 Å². The van der Waals surface area contributed by atoms with Gasteiger partial charge in [-0.2, -0.15) is 0 Å². The van der Waals surface area contributed by atoms with E-state index in [-0.39, 0.29) is 19.5 Å². The molecular weight excluding hydrogens is 232 g/mol. The van der Waals surface area contributed by atoms with E-state index in [1.807, 2.05) is 0 Å². The van der Waals surface area contributed by atoms with Crippen LogP contribution in [-0.2, 0) is 9.47 Å². The van der Waals surface area contributed by atoms with Gasteiger partial charge in [-0.05, 0) is 20.8 Å². The van der Waals surface area contributed by atoms with E-state index in [0.717, 1.165) is 0 Å². The molecule has 0 N–H and O–H groups in total. The van der Waals surface area contributed by atoms with Crippen LogP contribution < -0.4 is 0 Å². The van der Waals surface area contributed by atoms with Gasteiger partial charge in [0.2, 0.25) is 0 Å². The lowest BCUT2D eigenvalue weighted by Gasteiger charge is -2.46. The van der Waals surface area contributed by atoms with E-state index in [9.17, 15) is 13.6 Å². The van der Waals surface area contributed by atoms with E-state index in [1.165, 1.54) is 4.90 Å². The summed E-state index contributed by atoms with van der Waals surface area (Å²) in [6.07, 6.45) is -0.777. The van der Waals surface area contributed by atoms with Crippen molar-refractivity contribution in [3.8, 4) is 0 Å². The van der Waals surface area contributed by atoms with Crippen LogP contribution in [0, 0.1) is 0 Å². The molecule has 2 heterocycles. The molecular formula is C11H17F2NO3. The number of amides is 1. The Hall–Kier alpha value is -0.910. The van der Waals surface area contributed by atoms with Crippen molar-refractivity contribution in [1.29, 1.82) is 0 Å². The molecule has 17 heavy (non-hydrogen) atoms. The van der Waals surface area contributed by atoms with Gasteiger partial charge < -0.3 is 14.4 Å². The van der Waals surface area contributed by atoms with Crippen LogP contribution in [0.4, 0.5) is 13.6 Å². The lowest BCUT2D eigenvalue weighted by molar-refractivity contribution is -0.110. The second-order valence-corrected chi connectivity index (χ2v) is 5.84. The van der Waals surface area contributed by atoms with Crippen molar-refractivity contribution in [2.45, 2.75) is 44.3 Å². The van der Waals surface area contributed by atoms with Crippen LogP contribution in [0.25, 0.3) is 0 Å². The van der Waals surface area contributed by atoms with Crippen molar-refractivity contribution in [1.82, 2.24) is 4.90 Å². The minimum absolute atomic E-state index is 0.192.